The molecule has 3 heteroatoms. The van der Waals surface area contributed by atoms with Gasteiger partial charge in [0, 0.05) is 12.6 Å². The molecule has 0 heterocycles. The van der Waals surface area contributed by atoms with Crippen molar-refractivity contribution < 1.29 is 9.50 Å². The maximum Gasteiger partial charge on any atom is 0.123 e. The van der Waals surface area contributed by atoms with Crippen LogP contribution in [-0.2, 0) is 0 Å². The Morgan fingerprint density at radius 2 is 2.06 bits per heavy atom. The number of aliphatic hydroxyl groups excluding tert-OH is 1. The molecule has 0 amide bonds. The van der Waals surface area contributed by atoms with Gasteiger partial charge < -0.3 is 10.4 Å². The summed E-state index contributed by atoms with van der Waals surface area (Å²) in [5.41, 5.74) is 1.13. The molecule has 1 saturated carbocycles. The van der Waals surface area contributed by atoms with Crippen molar-refractivity contribution in [3.63, 3.8) is 0 Å². The maximum atomic E-state index is 13.1. The van der Waals surface area contributed by atoms with E-state index in [4.69, 9.17) is 5.11 Å². The number of hydrogen-bond acceptors (Lipinski definition) is 2. The molecule has 2 N–H and O–H groups in total. The monoisotopic (exact) mass is 251 g/mol. The second-order valence-electron chi connectivity index (χ2n) is 5.16. The summed E-state index contributed by atoms with van der Waals surface area (Å²) < 4.78 is 13.1. The van der Waals surface area contributed by atoms with Crippen LogP contribution in [0, 0.1) is 5.82 Å². The summed E-state index contributed by atoms with van der Waals surface area (Å²) in [4.78, 5) is 0. The van der Waals surface area contributed by atoms with Crippen LogP contribution in [0.2, 0.25) is 0 Å². The lowest BCUT2D eigenvalue weighted by Gasteiger charge is -2.36. The zero-order chi connectivity index (χ0) is 12.8. The van der Waals surface area contributed by atoms with Gasteiger partial charge in [-0.05, 0) is 62.3 Å². The largest absolute Gasteiger partial charge is 0.396 e. The first-order valence-corrected chi connectivity index (χ1v) is 6.89. The number of unbranched alkanes of at least 4 members (excludes halogenated alkanes) is 2. The van der Waals surface area contributed by atoms with Crippen LogP contribution in [0.4, 0.5) is 4.39 Å². The lowest BCUT2D eigenvalue weighted by molar-refractivity contribution is 0.273. The minimum Gasteiger partial charge on any atom is -0.396 e. The predicted octanol–water partition coefficient (Wildman–Crippen LogP) is 2.82. The Kier molecular flexibility index (Phi) is 5.14. The van der Waals surface area contributed by atoms with Crippen molar-refractivity contribution in [1.29, 1.82) is 0 Å². The molecular formula is C15H22FNO. The van der Waals surface area contributed by atoms with Gasteiger partial charge in [-0.25, -0.2) is 4.39 Å². The average molecular weight is 251 g/mol. The minimum absolute atomic E-state index is 0.132. The van der Waals surface area contributed by atoms with E-state index in [1.165, 1.54) is 6.07 Å². The van der Waals surface area contributed by atoms with E-state index in [2.05, 4.69) is 5.32 Å². The second-order valence-corrected chi connectivity index (χ2v) is 5.16. The van der Waals surface area contributed by atoms with Crippen molar-refractivity contribution >= 4 is 0 Å². The number of rotatable bonds is 7. The molecule has 2 rings (SSSR count). The second kappa shape index (κ2) is 6.86. The molecule has 1 aliphatic rings. The Balaban J connectivity index is 1.62. The molecule has 0 aliphatic heterocycles. The van der Waals surface area contributed by atoms with Crippen LogP contribution in [0.25, 0.3) is 0 Å². The van der Waals surface area contributed by atoms with Crippen LogP contribution in [0.1, 0.15) is 43.6 Å². The van der Waals surface area contributed by atoms with E-state index >= 15 is 0 Å². The molecule has 0 saturated heterocycles. The zero-order valence-electron chi connectivity index (χ0n) is 10.7. The van der Waals surface area contributed by atoms with Crippen LogP contribution in [0.15, 0.2) is 24.3 Å². The number of aliphatic hydroxyl groups is 1. The molecule has 0 aromatic heterocycles. The van der Waals surface area contributed by atoms with Crippen LogP contribution in [0.3, 0.4) is 0 Å². The summed E-state index contributed by atoms with van der Waals surface area (Å²) in [5, 5.41) is 12.2. The average Bonchev–Trinajstić information content (AvgIpc) is 2.31. The number of benzene rings is 1. The SMILES string of the molecule is OCCCCCNC1CC(c2cccc(F)c2)C1. The third kappa shape index (κ3) is 3.79. The van der Waals surface area contributed by atoms with Gasteiger partial charge in [0.15, 0.2) is 0 Å². The van der Waals surface area contributed by atoms with Crippen LogP contribution in [-0.4, -0.2) is 24.3 Å². The molecule has 1 aromatic rings. The quantitative estimate of drug-likeness (QED) is 0.730. The van der Waals surface area contributed by atoms with Gasteiger partial charge in [0.05, 0.1) is 0 Å². The van der Waals surface area contributed by atoms with Gasteiger partial charge in [0.1, 0.15) is 5.82 Å². The van der Waals surface area contributed by atoms with Crippen LogP contribution >= 0.6 is 0 Å². The Bertz CT molecular complexity index is 363. The summed E-state index contributed by atoms with van der Waals surface area (Å²) >= 11 is 0. The van der Waals surface area contributed by atoms with Gasteiger partial charge in [-0.3, -0.25) is 0 Å². The molecule has 100 valence electrons. The Hall–Kier alpha value is -0.930. The summed E-state index contributed by atoms with van der Waals surface area (Å²) in [6, 6.07) is 7.56. The van der Waals surface area contributed by atoms with Crippen LogP contribution in [0.5, 0.6) is 0 Å². The molecule has 1 fully saturated rings. The number of nitrogens with one attached hydrogen (secondary N) is 1. The first-order chi connectivity index (χ1) is 8.79. The molecule has 0 bridgehead atoms. The topological polar surface area (TPSA) is 32.3 Å². The van der Waals surface area contributed by atoms with Crippen molar-refractivity contribution in [2.24, 2.45) is 0 Å². The third-order valence-corrected chi connectivity index (χ3v) is 3.73. The maximum absolute atomic E-state index is 13.1. The first kappa shape index (κ1) is 13.5. The van der Waals surface area contributed by atoms with E-state index in [0.717, 1.165) is 44.2 Å². The zero-order valence-corrected chi connectivity index (χ0v) is 10.7. The van der Waals surface area contributed by atoms with E-state index in [9.17, 15) is 4.39 Å². The first-order valence-electron chi connectivity index (χ1n) is 6.89. The van der Waals surface area contributed by atoms with Crippen molar-refractivity contribution in [2.45, 2.75) is 44.1 Å². The van der Waals surface area contributed by atoms with E-state index in [-0.39, 0.29) is 5.82 Å². The van der Waals surface area contributed by atoms with Crippen molar-refractivity contribution in [1.82, 2.24) is 5.32 Å². The lowest BCUT2D eigenvalue weighted by atomic mass is 9.76. The molecule has 1 aromatic carbocycles. The molecule has 0 spiro atoms. The van der Waals surface area contributed by atoms with E-state index < -0.39 is 0 Å². The van der Waals surface area contributed by atoms with Crippen molar-refractivity contribution in [2.75, 3.05) is 13.2 Å². The number of halogens is 1. The van der Waals surface area contributed by atoms with Crippen molar-refractivity contribution in [3.05, 3.63) is 35.6 Å². The fourth-order valence-electron chi connectivity index (χ4n) is 2.54. The van der Waals surface area contributed by atoms with Gasteiger partial charge in [-0.1, -0.05) is 12.1 Å². The Labute approximate surface area is 108 Å². The minimum atomic E-state index is -0.132. The lowest BCUT2D eigenvalue weighted by Crippen LogP contribution is -2.40. The van der Waals surface area contributed by atoms with Gasteiger partial charge >= 0.3 is 0 Å². The molecule has 0 atom stereocenters. The Morgan fingerprint density at radius 1 is 1.22 bits per heavy atom. The highest BCUT2D eigenvalue weighted by Gasteiger charge is 2.29. The van der Waals surface area contributed by atoms with E-state index in [1.54, 1.807) is 12.1 Å². The van der Waals surface area contributed by atoms with Crippen molar-refractivity contribution in [3.8, 4) is 0 Å². The molecule has 18 heavy (non-hydrogen) atoms. The summed E-state index contributed by atoms with van der Waals surface area (Å²) in [6.07, 6.45) is 5.34. The smallest absolute Gasteiger partial charge is 0.123 e. The fraction of sp³-hybridized carbons (Fsp3) is 0.600. The highest BCUT2D eigenvalue weighted by atomic mass is 19.1. The molecular weight excluding hydrogens is 229 g/mol. The van der Waals surface area contributed by atoms with Gasteiger partial charge in [-0.15, -0.1) is 0 Å². The van der Waals surface area contributed by atoms with Gasteiger partial charge in [-0.2, -0.15) is 0 Å². The molecule has 1 aliphatic carbocycles. The van der Waals surface area contributed by atoms with E-state index in [0.29, 0.717) is 18.6 Å². The van der Waals surface area contributed by atoms with E-state index in [1.807, 2.05) is 6.07 Å². The molecule has 2 nitrogen and oxygen atoms in total. The Morgan fingerprint density at radius 3 is 2.78 bits per heavy atom. The standard InChI is InChI=1S/C15H22FNO/c16-14-6-4-5-12(9-14)13-10-15(11-13)17-7-2-1-3-8-18/h4-6,9,13,15,17-18H,1-3,7-8,10-11H2. The van der Waals surface area contributed by atoms with Gasteiger partial charge in [0.2, 0.25) is 0 Å². The predicted molar refractivity (Wildman–Crippen MR) is 71.1 cm³/mol. The third-order valence-electron chi connectivity index (χ3n) is 3.73. The highest BCUT2D eigenvalue weighted by molar-refractivity contribution is 5.23. The normalized spacial score (nSPS) is 22.8. The molecule has 0 radical (unpaired) electrons. The summed E-state index contributed by atoms with van der Waals surface area (Å²) in [6.45, 7) is 1.33. The van der Waals surface area contributed by atoms with Gasteiger partial charge in [0.25, 0.3) is 0 Å². The summed E-state index contributed by atoms with van der Waals surface area (Å²) in [7, 11) is 0. The highest BCUT2D eigenvalue weighted by Crippen LogP contribution is 2.36. The fourth-order valence-corrected chi connectivity index (χ4v) is 2.54. The summed E-state index contributed by atoms with van der Waals surface area (Å²) in [5.74, 6) is 0.392. The molecule has 0 unspecified atom stereocenters. The van der Waals surface area contributed by atoms with Crippen LogP contribution < -0.4 is 5.32 Å². The number of hydrogen-bond donors (Lipinski definition) is 2.